The Hall–Kier alpha value is -4.05. The maximum atomic E-state index is 12.2. The largest absolute Gasteiger partial charge is 0.496 e. The Kier molecular flexibility index (Phi) is 8.44. The van der Waals surface area contributed by atoms with E-state index in [2.05, 4.69) is 10.4 Å². The molecular formula is C27H33N3O7. The van der Waals surface area contributed by atoms with Gasteiger partial charge in [0, 0.05) is 24.6 Å². The van der Waals surface area contributed by atoms with Crippen LogP contribution < -0.4 is 14.8 Å². The van der Waals surface area contributed by atoms with Gasteiger partial charge < -0.3 is 24.1 Å². The van der Waals surface area contributed by atoms with E-state index >= 15 is 0 Å². The minimum atomic E-state index is -1.31. The zero-order chi connectivity index (χ0) is 27.3. The summed E-state index contributed by atoms with van der Waals surface area (Å²) in [5.41, 5.74) is 2.57. The van der Waals surface area contributed by atoms with Gasteiger partial charge in [0.2, 0.25) is 0 Å². The average molecular weight is 512 g/mol. The first-order chi connectivity index (χ1) is 17.5. The summed E-state index contributed by atoms with van der Waals surface area (Å²) < 4.78 is 23.9. The Morgan fingerprint density at radius 2 is 1.78 bits per heavy atom. The summed E-state index contributed by atoms with van der Waals surface area (Å²) in [7, 11) is 4.96. The van der Waals surface area contributed by atoms with Crippen molar-refractivity contribution in [3.8, 4) is 22.6 Å². The molecule has 198 valence electrons. The van der Waals surface area contributed by atoms with Gasteiger partial charge in [-0.3, -0.25) is 10.00 Å². The van der Waals surface area contributed by atoms with Crippen LogP contribution in [-0.4, -0.2) is 53.4 Å². The first-order valence-corrected chi connectivity index (χ1v) is 11.7. The standard InChI is InChI=1S/C27H33N3O7/c1-8-36-15-16-11-21(34-6)23(22(12-16)35-7)18-10-9-17(19-14-28-30(5)24(18)19)13-20(25(31)32)29-26(33)37-27(2,3)4/h9-14H,8,15H2,1-7H3,(H,29,33)(H,31,32)/b20-13-. The van der Waals surface area contributed by atoms with Crippen LogP contribution in [0, 0.1) is 0 Å². The average Bonchev–Trinajstić information content (AvgIpc) is 3.22. The van der Waals surface area contributed by atoms with Crippen LogP contribution in [0.2, 0.25) is 0 Å². The molecule has 37 heavy (non-hydrogen) atoms. The number of fused-ring (bicyclic) bond motifs is 1. The summed E-state index contributed by atoms with van der Waals surface area (Å²) in [6.07, 6.45) is 2.15. The van der Waals surface area contributed by atoms with E-state index in [9.17, 15) is 14.7 Å². The number of carbonyl (C=O) groups excluding carboxylic acids is 1. The molecule has 0 radical (unpaired) electrons. The molecule has 1 amide bonds. The minimum absolute atomic E-state index is 0.331. The third-order valence-electron chi connectivity index (χ3n) is 5.41. The van der Waals surface area contributed by atoms with Gasteiger partial charge in [-0.25, -0.2) is 9.59 Å². The predicted molar refractivity (Wildman–Crippen MR) is 140 cm³/mol. The second-order valence-electron chi connectivity index (χ2n) is 9.24. The second kappa shape index (κ2) is 11.3. The molecule has 0 bridgehead atoms. The van der Waals surface area contributed by atoms with Crippen molar-refractivity contribution in [3.05, 3.63) is 47.3 Å². The predicted octanol–water partition coefficient (Wildman–Crippen LogP) is 4.74. The molecule has 2 aromatic carbocycles. The van der Waals surface area contributed by atoms with Crippen LogP contribution in [0.25, 0.3) is 28.1 Å². The number of aryl methyl sites for hydroxylation is 1. The van der Waals surface area contributed by atoms with E-state index in [1.54, 1.807) is 59.0 Å². The van der Waals surface area contributed by atoms with Crippen LogP contribution in [0.4, 0.5) is 4.79 Å². The third-order valence-corrected chi connectivity index (χ3v) is 5.41. The van der Waals surface area contributed by atoms with E-state index in [0.717, 1.165) is 22.2 Å². The number of nitrogens with zero attached hydrogens (tertiary/aromatic N) is 2. The van der Waals surface area contributed by atoms with Crippen molar-refractivity contribution in [2.75, 3.05) is 20.8 Å². The Bertz CT molecular complexity index is 1310. The van der Waals surface area contributed by atoms with E-state index < -0.39 is 17.7 Å². The van der Waals surface area contributed by atoms with Crippen LogP contribution in [0.15, 0.2) is 36.2 Å². The minimum Gasteiger partial charge on any atom is -0.496 e. The highest BCUT2D eigenvalue weighted by Gasteiger charge is 2.22. The normalized spacial score (nSPS) is 11.9. The van der Waals surface area contributed by atoms with Gasteiger partial charge in [-0.15, -0.1) is 0 Å². The highest BCUT2D eigenvalue weighted by Crippen LogP contribution is 2.43. The number of rotatable bonds is 9. The topological polar surface area (TPSA) is 121 Å². The fraction of sp³-hybridized carbons (Fsp3) is 0.370. The van der Waals surface area contributed by atoms with Crippen molar-refractivity contribution in [1.29, 1.82) is 0 Å². The molecule has 0 aliphatic heterocycles. The molecule has 0 fully saturated rings. The Balaban J connectivity index is 2.15. The van der Waals surface area contributed by atoms with Crippen molar-refractivity contribution in [2.45, 2.75) is 39.9 Å². The number of ether oxygens (including phenoxy) is 4. The van der Waals surface area contributed by atoms with Gasteiger partial charge in [0.15, 0.2) is 0 Å². The molecule has 0 saturated heterocycles. The van der Waals surface area contributed by atoms with Crippen molar-refractivity contribution in [2.24, 2.45) is 7.05 Å². The number of carboxylic acids is 1. The Morgan fingerprint density at radius 3 is 2.32 bits per heavy atom. The van der Waals surface area contributed by atoms with Crippen molar-refractivity contribution < 1.29 is 33.6 Å². The number of amides is 1. The molecule has 0 aliphatic carbocycles. The quantitative estimate of drug-likeness (QED) is 0.395. The molecule has 1 heterocycles. The zero-order valence-electron chi connectivity index (χ0n) is 22.2. The second-order valence-corrected chi connectivity index (χ2v) is 9.24. The zero-order valence-corrected chi connectivity index (χ0v) is 22.2. The highest BCUT2D eigenvalue weighted by atomic mass is 16.6. The number of aliphatic carboxylic acids is 1. The van der Waals surface area contributed by atoms with Gasteiger partial charge in [0.05, 0.1) is 38.1 Å². The fourth-order valence-electron chi connectivity index (χ4n) is 3.89. The number of hydrogen-bond donors (Lipinski definition) is 2. The maximum Gasteiger partial charge on any atom is 0.412 e. The van der Waals surface area contributed by atoms with Crippen molar-refractivity contribution in [1.82, 2.24) is 15.1 Å². The summed E-state index contributed by atoms with van der Waals surface area (Å²) in [5.74, 6) is -0.115. The molecule has 3 rings (SSSR count). The van der Waals surface area contributed by atoms with Gasteiger partial charge >= 0.3 is 12.1 Å². The van der Waals surface area contributed by atoms with E-state index in [4.69, 9.17) is 18.9 Å². The molecule has 0 saturated carbocycles. The van der Waals surface area contributed by atoms with Crippen LogP contribution in [0.1, 0.15) is 38.8 Å². The van der Waals surface area contributed by atoms with Crippen LogP contribution >= 0.6 is 0 Å². The van der Waals surface area contributed by atoms with Crippen LogP contribution in [0.5, 0.6) is 11.5 Å². The van der Waals surface area contributed by atoms with Gasteiger partial charge in [-0.05, 0) is 57.0 Å². The van der Waals surface area contributed by atoms with Gasteiger partial charge in [0.25, 0.3) is 0 Å². The van der Waals surface area contributed by atoms with E-state index in [0.29, 0.717) is 35.7 Å². The molecule has 0 atom stereocenters. The molecule has 10 nitrogen and oxygen atoms in total. The number of alkyl carbamates (subject to hydrolysis) is 1. The first kappa shape index (κ1) is 27.5. The fourth-order valence-corrected chi connectivity index (χ4v) is 3.89. The first-order valence-electron chi connectivity index (χ1n) is 11.7. The Morgan fingerprint density at radius 1 is 1.14 bits per heavy atom. The van der Waals surface area contributed by atoms with E-state index in [1.807, 2.05) is 25.1 Å². The van der Waals surface area contributed by atoms with E-state index in [-0.39, 0.29) is 5.70 Å². The number of benzene rings is 2. The molecule has 0 spiro atoms. The third kappa shape index (κ3) is 6.39. The monoisotopic (exact) mass is 511 g/mol. The molecule has 3 aromatic rings. The highest BCUT2D eigenvalue weighted by molar-refractivity contribution is 6.04. The molecule has 0 aliphatic rings. The summed E-state index contributed by atoms with van der Waals surface area (Å²) >= 11 is 0. The Labute approximate surface area is 215 Å². The smallest absolute Gasteiger partial charge is 0.412 e. The molecule has 0 unspecified atom stereocenters. The maximum absolute atomic E-state index is 12.2. The van der Waals surface area contributed by atoms with Gasteiger partial charge in [0.1, 0.15) is 22.8 Å². The molecule has 2 N–H and O–H groups in total. The SMILES string of the molecule is CCOCc1cc(OC)c(-c2ccc(/C=C(\NC(=O)OC(C)(C)C)C(=O)O)c3cnn(C)c23)c(OC)c1. The number of aromatic nitrogens is 2. The van der Waals surface area contributed by atoms with Gasteiger partial charge in [-0.1, -0.05) is 12.1 Å². The number of nitrogens with one attached hydrogen (secondary N) is 1. The van der Waals surface area contributed by atoms with Crippen LogP contribution in [0.3, 0.4) is 0 Å². The summed E-state index contributed by atoms with van der Waals surface area (Å²) in [5, 5.41) is 17.1. The molecule has 10 heteroatoms. The van der Waals surface area contributed by atoms with Gasteiger partial charge in [-0.2, -0.15) is 5.10 Å². The lowest BCUT2D eigenvalue weighted by Crippen LogP contribution is -2.34. The number of carbonyl (C=O) groups is 2. The number of carboxylic acid groups (broad SMARTS) is 1. The lowest BCUT2D eigenvalue weighted by atomic mass is 9.96. The summed E-state index contributed by atoms with van der Waals surface area (Å²) in [6, 6.07) is 7.39. The lowest BCUT2D eigenvalue weighted by molar-refractivity contribution is -0.133. The molecular weight excluding hydrogens is 478 g/mol. The molecule has 1 aromatic heterocycles. The summed E-state index contributed by atoms with van der Waals surface area (Å²) in [6.45, 7) is 8.01. The number of methoxy groups -OCH3 is 2. The van der Waals surface area contributed by atoms with Crippen molar-refractivity contribution >= 4 is 29.0 Å². The lowest BCUT2D eigenvalue weighted by Gasteiger charge is -2.20. The van der Waals surface area contributed by atoms with Crippen LogP contribution in [-0.2, 0) is 27.9 Å². The van der Waals surface area contributed by atoms with E-state index in [1.165, 1.54) is 6.08 Å². The summed E-state index contributed by atoms with van der Waals surface area (Å²) in [4.78, 5) is 24.1. The number of hydrogen-bond acceptors (Lipinski definition) is 7. The van der Waals surface area contributed by atoms with Crippen molar-refractivity contribution in [3.63, 3.8) is 0 Å².